The van der Waals surface area contributed by atoms with Crippen molar-refractivity contribution < 1.29 is 14.3 Å². The van der Waals surface area contributed by atoms with Crippen LogP contribution in [0.15, 0.2) is 48.5 Å². The molecule has 116 valence electrons. The maximum Gasteiger partial charge on any atom is 0.278 e. The third-order valence-corrected chi connectivity index (χ3v) is 3.57. The molecule has 0 atom stereocenters. The predicted octanol–water partition coefficient (Wildman–Crippen LogP) is 1.87. The van der Waals surface area contributed by atoms with Gasteiger partial charge in [0.05, 0.1) is 19.2 Å². The van der Waals surface area contributed by atoms with Gasteiger partial charge in [0, 0.05) is 10.9 Å². The first-order valence-electron chi connectivity index (χ1n) is 7.05. The van der Waals surface area contributed by atoms with Gasteiger partial charge in [-0.15, -0.1) is 0 Å². The maximum absolute atomic E-state index is 12.7. The molecule has 0 amide bonds. The van der Waals surface area contributed by atoms with Crippen LogP contribution in [0.1, 0.15) is 20.8 Å². The number of hydrogen-bond acceptors (Lipinski definition) is 5. The van der Waals surface area contributed by atoms with Gasteiger partial charge in [0.2, 0.25) is 0 Å². The summed E-state index contributed by atoms with van der Waals surface area (Å²) < 4.78 is 6.32. The lowest BCUT2D eigenvalue weighted by molar-refractivity contribution is 0.0948. The molecule has 0 aliphatic rings. The molecular formula is C17H15N3O3. The Labute approximate surface area is 132 Å². The summed E-state index contributed by atoms with van der Waals surface area (Å²) in [6.45, 7) is -0.155. The number of nitrogens with zero attached hydrogens (tertiary/aromatic N) is 2. The second kappa shape index (κ2) is 6.02. The van der Waals surface area contributed by atoms with Gasteiger partial charge in [0.15, 0.2) is 5.78 Å². The number of ketones is 1. The van der Waals surface area contributed by atoms with E-state index in [2.05, 4.69) is 5.10 Å². The number of carbonyl (C=O) groups is 2. The molecule has 6 nitrogen and oxygen atoms in total. The minimum absolute atomic E-state index is 0.155. The van der Waals surface area contributed by atoms with Crippen molar-refractivity contribution in [3.63, 3.8) is 0 Å². The molecular weight excluding hydrogens is 294 g/mol. The molecule has 0 unspecified atom stereocenters. The Morgan fingerprint density at radius 1 is 1.13 bits per heavy atom. The quantitative estimate of drug-likeness (QED) is 0.743. The van der Waals surface area contributed by atoms with Gasteiger partial charge in [0.1, 0.15) is 11.4 Å². The summed E-state index contributed by atoms with van der Waals surface area (Å²) in [7, 11) is 1.56. The highest BCUT2D eigenvalue weighted by molar-refractivity contribution is 6.10. The Morgan fingerprint density at radius 3 is 2.48 bits per heavy atom. The second-order valence-electron chi connectivity index (χ2n) is 4.94. The number of ether oxygens (including phenoxy) is 1. The molecule has 3 rings (SSSR count). The number of nitrogens with two attached hydrogens (primary N) is 1. The molecule has 23 heavy (non-hydrogen) atoms. The zero-order chi connectivity index (χ0) is 16.4. The molecule has 0 saturated heterocycles. The average Bonchev–Trinajstić information content (AvgIpc) is 3.00. The van der Waals surface area contributed by atoms with E-state index in [0.717, 1.165) is 0 Å². The lowest BCUT2D eigenvalue weighted by atomic mass is 10.1. The van der Waals surface area contributed by atoms with Crippen molar-refractivity contribution in [2.24, 2.45) is 5.73 Å². The first kappa shape index (κ1) is 14.9. The minimum Gasteiger partial charge on any atom is -0.497 e. The van der Waals surface area contributed by atoms with Crippen molar-refractivity contribution in [1.82, 2.24) is 9.78 Å². The van der Waals surface area contributed by atoms with Crippen molar-refractivity contribution in [2.75, 3.05) is 13.7 Å². The van der Waals surface area contributed by atoms with Gasteiger partial charge in [-0.3, -0.25) is 9.59 Å². The summed E-state index contributed by atoms with van der Waals surface area (Å²) >= 11 is 0. The number of rotatable bonds is 4. The molecule has 0 radical (unpaired) electrons. The van der Waals surface area contributed by atoms with Crippen LogP contribution in [0.2, 0.25) is 0 Å². The number of fused-ring (bicyclic) bond motifs is 1. The first-order chi connectivity index (χ1) is 11.2. The third-order valence-electron chi connectivity index (χ3n) is 3.57. The van der Waals surface area contributed by atoms with Gasteiger partial charge in [-0.05, 0) is 30.3 Å². The average molecular weight is 309 g/mol. The molecule has 0 spiro atoms. The molecule has 0 aliphatic heterocycles. The highest BCUT2D eigenvalue weighted by Gasteiger charge is 2.20. The Bertz CT molecular complexity index is 882. The second-order valence-corrected chi connectivity index (χ2v) is 4.94. The molecule has 0 aliphatic carbocycles. The van der Waals surface area contributed by atoms with E-state index in [4.69, 9.17) is 10.5 Å². The number of aromatic nitrogens is 2. The van der Waals surface area contributed by atoms with E-state index in [0.29, 0.717) is 22.2 Å². The molecule has 1 heterocycles. The zero-order valence-corrected chi connectivity index (χ0v) is 12.5. The number of carbonyl (C=O) groups excluding carboxylic acids is 2. The van der Waals surface area contributed by atoms with Crippen LogP contribution in [-0.2, 0) is 0 Å². The van der Waals surface area contributed by atoms with E-state index in [1.54, 1.807) is 55.6 Å². The van der Waals surface area contributed by atoms with Crippen molar-refractivity contribution >= 4 is 22.6 Å². The predicted molar refractivity (Wildman–Crippen MR) is 85.8 cm³/mol. The number of methoxy groups -OCH3 is 1. The van der Waals surface area contributed by atoms with Crippen molar-refractivity contribution in [1.29, 1.82) is 0 Å². The van der Waals surface area contributed by atoms with Crippen LogP contribution in [0.4, 0.5) is 0 Å². The summed E-state index contributed by atoms with van der Waals surface area (Å²) in [4.78, 5) is 24.7. The molecule has 0 saturated carbocycles. The zero-order valence-electron chi connectivity index (χ0n) is 12.5. The van der Waals surface area contributed by atoms with Gasteiger partial charge < -0.3 is 10.5 Å². The number of benzene rings is 2. The van der Waals surface area contributed by atoms with Gasteiger partial charge in [-0.25, -0.2) is 0 Å². The molecule has 2 aromatic carbocycles. The fourth-order valence-corrected chi connectivity index (χ4v) is 2.38. The lowest BCUT2D eigenvalue weighted by Gasteiger charge is -2.04. The fraction of sp³-hybridized carbons (Fsp3) is 0.118. The van der Waals surface area contributed by atoms with Crippen LogP contribution in [0.25, 0.3) is 10.9 Å². The summed E-state index contributed by atoms with van der Waals surface area (Å²) in [6, 6.07) is 13.8. The summed E-state index contributed by atoms with van der Waals surface area (Å²) in [5.41, 5.74) is 6.66. The van der Waals surface area contributed by atoms with Gasteiger partial charge >= 0.3 is 0 Å². The molecule has 1 aromatic heterocycles. The monoisotopic (exact) mass is 309 g/mol. The number of para-hydroxylation sites is 1. The molecule has 0 fully saturated rings. The normalized spacial score (nSPS) is 10.7. The van der Waals surface area contributed by atoms with Gasteiger partial charge in [-0.2, -0.15) is 9.78 Å². The maximum atomic E-state index is 12.7. The van der Waals surface area contributed by atoms with Crippen molar-refractivity contribution in [3.8, 4) is 5.75 Å². The SMILES string of the molecule is COc1ccc(C(=O)n2nc(C(=O)CN)c3ccccc32)cc1. The van der Waals surface area contributed by atoms with Crippen LogP contribution >= 0.6 is 0 Å². The first-order valence-corrected chi connectivity index (χ1v) is 7.05. The largest absolute Gasteiger partial charge is 0.497 e. The molecule has 3 aromatic rings. The van der Waals surface area contributed by atoms with Crippen molar-refractivity contribution in [3.05, 3.63) is 59.8 Å². The Hall–Kier alpha value is -2.99. The standard InChI is InChI=1S/C17H15N3O3/c1-23-12-8-6-11(7-9-12)17(22)20-14-5-3-2-4-13(14)16(19-20)15(21)10-18/h2-9H,10,18H2,1H3. The van der Waals surface area contributed by atoms with Crippen LogP contribution in [-0.4, -0.2) is 35.1 Å². The highest BCUT2D eigenvalue weighted by Crippen LogP contribution is 2.20. The summed E-state index contributed by atoms with van der Waals surface area (Å²) in [6.07, 6.45) is 0. The topological polar surface area (TPSA) is 87.2 Å². The molecule has 2 N–H and O–H groups in total. The van der Waals surface area contributed by atoms with Crippen LogP contribution in [0, 0.1) is 0 Å². The Kier molecular flexibility index (Phi) is 3.91. The van der Waals surface area contributed by atoms with Crippen LogP contribution in [0.5, 0.6) is 5.75 Å². The van der Waals surface area contributed by atoms with Gasteiger partial charge in [0.25, 0.3) is 5.91 Å². The Balaban J connectivity index is 2.11. The number of hydrogen-bond donors (Lipinski definition) is 1. The minimum atomic E-state index is -0.320. The van der Waals surface area contributed by atoms with Crippen molar-refractivity contribution in [2.45, 2.75) is 0 Å². The van der Waals surface area contributed by atoms with E-state index < -0.39 is 0 Å². The van der Waals surface area contributed by atoms with Crippen LogP contribution in [0.3, 0.4) is 0 Å². The molecule has 0 bridgehead atoms. The summed E-state index contributed by atoms with van der Waals surface area (Å²) in [5.74, 6) is 0.0354. The van der Waals surface area contributed by atoms with Crippen LogP contribution < -0.4 is 10.5 Å². The van der Waals surface area contributed by atoms with E-state index in [9.17, 15) is 9.59 Å². The van der Waals surface area contributed by atoms with E-state index >= 15 is 0 Å². The summed E-state index contributed by atoms with van der Waals surface area (Å²) in [5, 5.41) is 4.80. The van der Waals surface area contributed by atoms with E-state index in [1.165, 1.54) is 4.68 Å². The lowest BCUT2D eigenvalue weighted by Crippen LogP contribution is -2.17. The smallest absolute Gasteiger partial charge is 0.278 e. The third kappa shape index (κ3) is 2.60. The van der Waals surface area contributed by atoms with E-state index in [-0.39, 0.29) is 23.9 Å². The molecule has 6 heteroatoms. The number of Topliss-reactive ketones (excluding diaryl/α,β-unsaturated/α-hetero) is 1. The highest BCUT2D eigenvalue weighted by atomic mass is 16.5. The fourth-order valence-electron chi connectivity index (χ4n) is 2.38. The Morgan fingerprint density at radius 2 is 1.83 bits per heavy atom. The van der Waals surface area contributed by atoms with Gasteiger partial charge in [-0.1, -0.05) is 18.2 Å². The van der Waals surface area contributed by atoms with E-state index in [1.807, 2.05) is 0 Å².